The molecule has 0 bridgehead atoms. The predicted octanol–water partition coefficient (Wildman–Crippen LogP) is 3.04. The smallest absolute Gasteiger partial charge is 0.410 e. The normalized spacial score (nSPS) is 24.3. The van der Waals surface area contributed by atoms with Gasteiger partial charge in [-0.2, -0.15) is 0 Å². The Labute approximate surface area is 106 Å². The molecule has 6 nitrogen and oxygen atoms in total. The van der Waals surface area contributed by atoms with Crippen LogP contribution in [0.1, 0.15) is 33.6 Å². The van der Waals surface area contributed by atoms with E-state index in [0.29, 0.717) is 19.4 Å². The van der Waals surface area contributed by atoms with E-state index in [1.54, 1.807) is 20.8 Å². The summed E-state index contributed by atoms with van der Waals surface area (Å²) in [7, 11) is 0. The minimum absolute atomic E-state index is 0.0824. The molecule has 0 aromatic heterocycles. The molecule has 0 N–H and O–H groups in total. The average Bonchev–Trinajstić information content (AvgIpc) is 2.24. The van der Waals surface area contributed by atoms with Crippen LogP contribution in [-0.4, -0.2) is 41.9 Å². The molecule has 1 aliphatic rings. The van der Waals surface area contributed by atoms with Gasteiger partial charge in [-0.3, -0.25) is 0 Å². The van der Waals surface area contributed by atoms with E-state index in [1.807, 2.05) is 0 Å². The Morgan fingerprint density at radius 3 is 2.83 bits per heavy atom. The number of hydrogen-bond donors (Lipinski definition) is 0. The molecular formula is C11H19FN4O2. The van der Waals surface area contributed by atoms with E-state index in [2.05, 4.69) is 10.0 Å². The molecule has 1 fully saturated rings. The quantitative estimate of drug-likeness (QED) is 0.433. The molecular weight excluding hydrogens is 239 g/mol. The van der Waals surface area contributed by atoms with Crippen molar-refractivity contribution in [2.24, 2.45) is 5.11 Å². The van der Waals surface area contributed by atoms with Crippen LogP contribution in [0, 0.1) is 0 Å². The molecule has 1 heterocycles. The van der Waals surface area contributed by atoms with Gasteiger partial charge < -0.3 is 9.64 Å². The molecule has 0 radical (unpaired) electrons. The van der Waals surface area contributed by atoms with Crippen molar-refractivity contribution in [3.63, 3.8) is 0 Å². The highest BCUT2D eigenvalue weighted by Gasteiger charge is 2.38. The molecule has 1 aliphatic heterocycles. The Morgan fingerprint density at radius 1 is 1.61 bits per heavy atom. The number of azide groups is 1. The summed E-state index contributed by atoms with van der Waals surface area (Å²) in [6.45, 7) is 5.42. The summed E-state index contributed by atoms with van der Waals surface area (Å²) in [5.41, 5.74) is 5.99. The largest absolute Gasteiger partial charge is 0.444 e. The predicted molar refractivity (Wildman–Crippen MR) is 64.9 cm³/mol. The first-order valence-corrected chi connectivity index (χ1v) is 5.93. The van der Waals surface area contributed by atoms with Crippen LogP contribution < -0.4 is 0 Å². The summed E-state index contributed by atoms with van der Waals surface area (Å²) >= 11 is 0. The van der Waals surface area contributed by atoms with E-state index < -0.39 is 17.4 Å². The number of hydrogen-bond acceptors (Lipinski definition) is 3. The number of halogens is 1. The Kier molecular flexibility index (Phi) is 4.40. The molecule has 0 saturated carbocycles. The average molecular weight is 258 g/mol. The Morgan fingerprint density at radius 2 is 2.28 bits per heavy atom. The lowest BCUT2D eigenvalue weighted by Gasteiger charge is -2.37. The molecule has 18 heavy (non-hydrogen) atoms. The topological polar surface area (TPSA) is 78.3 Å². The third kappa shape index (κ3) is 4.41. The van der Waals surface area contributed by atoms with Gasteiger partial charge in [0.05, 0.1) is 13.1 Å². The Bertz CT molecular complexity index is 363. The van der Waals surface area contributed by atoms with E-state index in [1.165, 1.54) is 4.90 Å². The second-order valence-electron chi connectivity index (χ2n) is 5.55. The van der Waals surface area contributed by atoms with Crippen molar-refractivity contribution < 1.29 is 13.9 Å². The van der Waals surface area contributed by atoms with Crippen LogP contribution in [0.25, 0.3) is 10.4 Å². The van der Waals surface area contributed by atoms with Crippen molar-refractivity contribution in [2.75, 3.05) is 19.6 Å². The minimum atomic E-state index is -1.64. The minimum Gasteiger partial charge on any atom is -0.444 e. The summed E-state index contributed by atoms with van der Waals surface area (Å²) < 4.78 is 19.5. The van der Waals surface area contributed by atoms with Crippen molar-refractivity contribution >= 4 is 6.09 Å². The first kappa shape index (κ1) is 14.6. The van der Waals surface area contributed by atoms with E-state index in [-0.39, 0.29) is 13.1 Å². The number of alkyl halides is 1. The van der Waals surface area contributed by atoms with Crippen LogP contribution in [0.4, 0.5) is 9.18 Å². The molecule has 102 valence electrons. The molecule has 0 aliphatic carbocycles. The zero-order valence-corrected chi connectivity index (χ0v) is 11.0. The van der Waals surface area contributed by atoms with Crippen molar-refractivity contribution in [3.05, 3.63) is 10.4 Å². The fourth-order valence-corrected chi connectivity index (χ4v) is 1.86. The number of amides is 1. The summed E-state index contributed by atoms with van der Waals surface area (Å²) in [6, 6.07) is 0. The van der Waals surface area contributed by atoms with E-state index in [4.69, 9.17) is 10.3 Å². The highest BCUT2D eigenvalue weighted by Crippen LogP contribution is 2.27. The molecule has 1 saturated heterocycles. The van der Waals surface area contributed by atoms with Gasteiger partial charge in [-0.15, -0.1) is 0 Å². The number of carbonyl (C=O) groups is 1. The maximum Gasteiger partial charge on any atom is 0.410 e. The van der Waals surface area contributed by atoms with Crippen molar-refractivity contribution in [1.29, 1.82) is 0 Å². The van der Waals surface area contributed by atoms with Crippen molar-refractivity contribution in [3.8, 4) is 0 Å². The lowest BCUT2D eigenvalue weighted by molar-refractivity contribution is -0.00299. The monoisotopic (exact) mass is 258 g/mol. The Balaban J connectivity index is 2.63. The number of rotatable bonds is 2. The highest BCUT2D eigenvalue weighted by atomic mass is 19.1. The van der Waals surface area contributed by atoms with Crippen LogP contribution in [0.2, 0.25) is 0 Å². The van der Waals surface area contributed by atoms with Gasteiger partial charge in [0, 0.05) is 11.5 Å². The van der Waals surface area contributed by atoms with E-state index in [9.17, 15) is 9.18 Å². The molecule has 1 amide bonds. The van der Waals surface area contributed by atoms with Crippen LogP contribution >= 0.6 is 0 Å². The summed E-state index contributed by atoms with van der Waals surface area (Å²) in [6.07, 6.45) is 0.312. The SMILES string of the molecule is CC(C)(C)OC(=O)N1CCC[C@@](F)(CN=[N+]=[N-])C1. The molecule has 0 unspecified atom stereocenters. The first-order chi connectivity index (χ1) is 8.26. The number of nitrogens with zero attached hydrogens (tertiary/aromatic N) is 4. The highest BCUT2D eigenvalue weighted by molar-refractivity contribution is 5.68. The van der Waals surface area contributed by atoms with Gasteiger partial charge >= 0.3 is 6.09 Å². The van der Waals surface area contributed by atoms with Crippen LogP contribution in [0.15, 0.2) is 5.11 Å². The summed E-state index contributed by atoms with van der Waals surface area (Å²) in [4.78, 5) is 15.7. The van der Waals surface area contributed by atoms with Crippen LogP contribution in [0.3, 0.4) is 0 Å². The van der Waals surface area contributed by atoms with Gasteiger partial charge in [-0.25, -0.2) is 9.18 Å². The molecule has 0 spiro atoms. The molecule has 0 aromatic rings. The maximum absolute atomic E-state index is 14.3. The van der Waals surface area contributed by atoms with E-state index in [0.717, 1.165) is 0 Å². The zero-order chi connectivity index (χ0) is 13.8. The summed E-state index contributed by atoms with van der Waals surface area (Å²) in [5, 5.41) is 3.26. The second-order valence-corrected chi connectivity index (χ2v) is 5.55. The van der Waals surface area contributed by atoms with Crippen molar-refractivity contribution in [1.82, 2.24) is 4.90 Å². The molecule has 1 atom stereocenters. The molecule has 0 aromatic carbocycles. The Hall–Kier alpha value is -1.49. The van der Waals surface area contributed by atoms with Crippen LogP contribution in [-0.2, 0) is 4.74 Å². The lowest BCUT2D eigenvalue weighted by Crippen LogP contribution is -2.50. The van der Waals surface area contributed by atoms with E-state index >= 15 is 0 Å². The van der Waals surface area contributed by atoms with Gasteiger partial charge in [-0.1, -0.05) is 5.11 Å². The second kappa shape index (κ2) is 5.44. The molecule has 1 rings (SSSR count). The van der Waals surface area contributed by atoms with Crippen molar-refractivity contribution in [2.45, 2.75) is 44.9 Å². The van der Waals surface area contributed by atoms with Gasteiger partial charge in [0.2, 0.25) is 0 Å². The fourth-order valence-electron chi connectivity index (χ4n) is 1.86. The molecule has 7 heteroatoms. The van der Waals surface area contributed by atoms with Gasteiger partial charge in [0.1, 0.15) is 11.3 Å². The lowest BCUT2D eigenvalue weighted by atomic mass is 9.95. The number of carbonyl (C=O) groups excluding carboxylic acids is 1. The van der Waals surface area contributed by atoms with Gasteiger partial charge in [0.25, 0.3) is 0 Å². The van der Waals surface area contributed by atoms with Gasteiger partial charge in [-0.05, 0) is 39.1 Å². The summed E-state index contributed by atoms with van der Waals surface area (Å²) in [5.74, 6) is 0. The standard InChI is InChI=1S/C11H19FN4O2/c1-10(2,3)18-9(17)16-6-4-5-11(12,8-16)7-14-15-13/h4-8H2,1-3H3/t11-/m1/s1. The van der Waals surface area contributed by atoms with Gasteiger partial charge in [0.15, 0.2) is 0 Å². The fraction of sp³-hybridized carbons (Fsp3) is 0.909. The number of ether oxygens (including phenoxy) is 1. The number of likely N-dealkylation sites (tertiary alicyclic amines) is 1. The number of piperidine rings is 1. The zero-order valence-electron chi connectivity index (χ0n) is 11.0. The third-order valence-corrected chi connectivity index (χ3v) is 2.60. The first-order valence-electron chi connectivity index (χ1n) is 5.93. The maximum atomic E-state index is 14.3. The van der Waals surface area contributed by atoms with Crippen LogP contribution in [0.5, 0.6) is 0 Å². The third-order valence-electron chi connectivity index (χ3n) is 2.60.